The average Bonchev–Trinajstić information content (AvgIpc) is 2.83. The maximum atomic E-state index is 13.9. The quantitative estimate of drug-likeness (QED) is 0.897. The van der Waals surface area contributed by atoms with Crippen molar-refractivity contribution in [3.63, 3.8) is 0 Å². The second-order valence-corrected chi connectivity index (χ2v) is 7.64. The van der Waals surface area contributed by atoms with Gasteiger partial charge in [0, 0.05) is 12.4 Å². The van der Waals surface area contributed by atoms with E-state index in [0.717, 1.165) is 21.4 Å². The summed E-state index contributed by atoms with van der Waals surface area (Å²) >= 11 is 1.39. The molecule has 22 heavy (non-hydrogen) atoms. The minimum absolute atomic E-state index is 0.00674. The van der Waals surface area contributed by atoms with Crippen molar-refractivity contribution >= 4 is 27.3 Å². The topological polar surface area (TPSA) is 87.6 Å². The lowest BCUT2D eigenvalue weighted by atomic mass is 10.2. The van der Waals surface area contributed by atoms with Gasteiger partial charge in [0.1, 0.15) is 10.7 Å². The van der Waals surface area contributed by atoms with Crippen molar-refractivity contribution in [3.8, 4) is 0 Å². The first kappa shape index (κ1) is 16.5. The number of carbonyl (C=O) groups is 1. The molecule has 1 heterocycles. The van der Waals surface area contributed by atoms with E-state index < -0.39 is 26.7 Å². The van der Waals surface area contributed by atoms with Crippen molar-refractivity contribution < 1.29 is 22.7 Å². The third-order valence-electron chi connectivity index (χ3n) is 2.92. The summed E-state index contributed by atoms with van der Waals surface area (Å²) in [5.74, 6) is -2.42. The van der Waals surface area contributed by atoms with Gasteiger partial charge in [0.25, 0.3) is 0 Å². The second kappa shape index (κ2) is 6.11. The van der Waals surface area contributed by atoms with Gasteiger partial charge in [-0.25, -0.2) is 22.6 Å². The van der Waals surface area contributed by atoms with Crippen LogP contribution in [0.1, 0.15) is 21.1 Å². The highest BCUT2D eigenvalue weighted by Gasteiger charge is 2.26. The molecule has 0 radical (unpaired) electrons. The third kappa shape index (κ3) is 3.32. The molecule has 0 amide bonds. The molecule has 0 saturated carbocycles. The van der Waals surface area contributed by atoms with Crippen molar-refractivity contribution in [2.24, 2.45) is 0 Å². The number of halogens is 1. The Morgan fingerprint density at radius 3 is 2.64 bits per heavy atom. The number of benzene rings is 1. The van der Waals surface area contributed by atoms with Gasteiger partial charge in [-0.1, -0.05) is 0 Å². The van der Waals surface area contributed by atoms with Crippen LogP contribution in [0.3, 0.4) is 0 Å². The van der Waals surface area contributed by atoms with E-state index in [2.05, 4.69) is 4.98 Å². The van der Waals surface area contributed by atoms with Gasteiger partial charge >= 0.3 is 5.97 Å². The van der Waals surface area contributed by atoms with Gasteiger partial charge in [-0.15, -0.1) is 11.3 Å². The van der Waals surface area contributed by atoms with Gasteiger partial charge in [-0.3, -0.25) is 0 Å². The summed E-state index contributed by atoms with van der Waals surface area (Å²) in [6, 6.07) is 2.70. The zero-order valence-electron chi connectivity index (χ0n) is 11.8. The third-order valence-corrected chi connectivity index (χ3v) is 5.58. The molecule has 1 aromatic carbocycles. The van der Waals surface area contributed by atoms with Crippen LogP contribution in [0.2, 0.25) is 0 Å². The predicted octanol–water partition coefficient (Wildman–Crippen LogP) is 2.11. The van der Waals surface area contributed by atoms with Crippen LogP contribution in [0, 0.1) is 12.7 Å². The average molecular weight is 344 g/mol. The molecule has 2 rings (SSSR count). The summed E-state index contributed by atoms with van der Waals surface area (Å²) in [5.41, 5.74) is 0.255. The zero-order chi connectivity index (χ0) is 16.5. The lowest BCUT2D eigenvalue weighted by molar-refractivity contribution is 0.0696. The Labute approximate surface area is 130 Å². The highest BCUT2D eigenvalue weighted by Crippen LogP contribution is 2.21. The second-order valence-electron chi connectivity index (χ2n) is 4.57. The van der Waals surface area contributed by atoms with Crippen molar-refractivity contribution in [1.29, 1.82) is 0 Å². The summed E-state index contributed by atoms with van der Waals surface area (Å²) in [5, 5.41) is 11.3. The van der Waals surface area contributed by atoms with E-state index in [9.17, 15) is 17.6 Å². The Kier molecular flexibility index (Phi) is 4.59. The number of sulfonamides is 1. The van der Waals surface area contributed by atoms with E-state index in [4.69, 9.17) is 5.11 Å². The standard InChI is InChI=1S/C13H13FN2O4S2/c1-8-15-10(7-21-8)6-16(2)22(19,20)12-4-3-9(13(17)18)5-11(12)14/h3-5,7H,6H2,1-2H3,(H,17,18). The number of aromatic nitrogens is 1. The number of aryl methyl sites for hydroxylation is 1. The Hall–Kier alpha value is -1.84. The van der Waals surface area contributed by atoms with E-state index in [1.165, 1.54) is 18.4 Å². The molecular formula is C13H13FN2O4S2. The predicted molar refractivity (Wildman–Crippen MR) is 78.9 cm³/mol. The summed E-state index contributed by atoms with van der Waals surface area (Å²) in [4.78, 5) is 14.4. The number of nitrogens with zero attached hydrogens (tertiary/aromatic N) is 2. The van der Waals surface area contributed by atoms with Crippen LogP contribution >= 0.6 is 11.3 Å². The lowest BCUT2D eigenvalue weighted by Gasteiger charge is -2.16. The number of hydrogen-bond acceptors (Lipinski definition) is 5. The minimum Gasteiger partial charge on any atom is -0.478 e. The van der Waals surface area contributed by atoms with Gasteiger partial charge in [-0.2, -0.15) is 4.31 Å². The molecule has 1 aromatic heterocycles. The number of thiazole rings is 1. The largest absolute Gasteiger partial charge is 0.478 e. The molecule has 0 spiro atoms. The van der Waals surface area contributed by atoms with E-state index in [1.54, 1.807) is 12.3 Å². The molecule has 118 valence electrons. The fourth-order valence-electron chi connectivity index (χ4n) is 1.80. The van der Waals surface area contributed by atoms with Crippen LogP contribution in [0.5, 0.6) is 0 Å². The van der Waals surface area contributed by atoms with Crippen molar-refractivity contribution in [3.05, 3.63) is 45.7 Å². The Morgan fingerprint density at radius 2 is 2.14 bits per heavy atom. The van der Waals surface area contributed by atoms with E-state index in [-0.39, 0.29) is 12.1 Å². The fourth-order valence-corrected chi connectivity index (χ4v) is 3.59. The van der Waals surface area contributed by atoms with E-state index in [1.807, 2.05) is 0 Å². The number of hydrogen-bond donors (Lipinski definition) is 1. The Bertz CT molecular complexity index is 817. The molecule has 0 unspecified atom stereocenters. The smallest absolute Gasteiger partial charge is 0.335 e. The van der Waals surface area contributed by atoms with Crippen molar-refractivity contribution in [1.82, 2.24) is 9.29 Å². The number of carboxylic acids is 1. The van der Waals surface area contributed by atoms with Crippen LogP contribution in [-0.4, -0.2) is 35.8 Å². The van der Waals surface area contributed by atoms with Gasteiger partial charge < -0.3 is 5.11 Å². The van der Waals surface area contributed by atoms with E-state index >= 15 is 0 Å². The molecule has 2 aromatic rings. The maximum Gasteiger partial charge on any atom is 0.335 e. The molecule has 0 aliphatic rings. The minimum atomic E-state index is -4.07. The molecule has 0 aliphatic heterocycles. The first-order valence-corrected chi connectivity index (χ1v) is 8.44. The number of rotatable bonds is 5. The maximum absolute atomic E-state index is 13.9. The normalized spacial score (nSPS) is 11.8. The summed E-state index contributed by atoms with van der Waals surface area (Å²) in [7, 11) is -2.76. The van der Waals surface area contributed by atoms with E-state index in [0.29, 0.717) is 11.8 Å². The number of carboxylic acid groups (broad SMARTS) is 1. The van der Waals surface area contributed by atoms with Gasteiger partial charge in [0.15, 0.2) is 0 Å². The molecule has 1 N–H and O–H groups in total. The zero-order valence-corrected chi connectivity index (χ0v) is 13.4. The first-order valence-electron chi connectivity index (χ1n) is 6.12. The molecule has 0 fully saturated rings. The monoisotopic (exact) mass is 344 g/mol. The van der Waals surface area contributed by atoms with Crippen LogP contribution in [0.25, 0.3) is 0 Å². The summed E-state index contributed by atoms with van der Waals surface area (Å²) < 4.78 is 39.6. The van der Waals surface area contributed by atoms with Crippen LogP contribution in [0.15, 0.2) is 28.5 Å². The lowest BCUT2D eigenvalue weighted by Crippen LogP contribution is -2.27. The summed E-state index contributed by atoms with van der Waals surface area (Å²) in [6.45, 7) is 1.81. The van der Waals surface area contributed by atoms with Crippen molar-refractivity contribution in [2.75, 3.05) is 7.05 Å². The van der Waals surface area contributed by atoms with Crippen molar-refractivity contribution in [2.45, 2.75) is 18.4 Å². The Morgan fingerprint density at radius 1 is 1.45 bits per heavy atom. The Balaban J connectivity index is 2.31. The molecule has 9 heteroatoms. The van der Waals surface area contributed by atoms with Gasteiger partial charge in [0.05, 0.1) is 22.8 Å². The van der Waals surface area contributed by atoms with Crippen LogP contribution in [-0.2, 0) is 16.6 Å². The fraction of sp³-hybridized carbons (Fsp3) is 0.231. The molecule has 0 atom stereocenters. The van der Waals surface area contributed by atoms with Gasteiger partial charge in [0.2, 0.25) is 10.0 Å². The highest BCUT2D eigenvalue weighted by molar-refractivity contribution is 7.89. The highest BCUT2D eigenvalue weighted by atomic mass is 32.2. The van der Waals surface area contributed by atoms with Crippen LogP contribution < -0.4 is 0 Å². The molecule has 0 bridgehead atoms. The molecule has 0 saturated heterocycles. The first-order chi connectivity index (χ1) is 10.2. The molecule has 0 aliphatic carbocycles. The SMILES string of the molecule is Cc1nc(CN(C)S(=O)(=O)c2ccc(C(=O)O)cc2F)cs1. The number of aromatic carboxylic acids is 1. The summed E-state index contributed by atoms with van der Waals surface area (Å²) in [6.07, 6.45) is 0. The molecule has 6 nitrogen and oxygen atoms in total. The van der Waals surface area contributed by atoms with Crippen LogP contribution in [0.4, 0.5) is 4.39 Å². The van der Waals surface area contributed by atoms with Gasteiger partial charge in [-0.05, 0) is 25.1 Å². The molecular weight excluding hydrogens is 331 g/mol.